The zero-order valence-electron chi connectivity index (χ0n) is 21.5. The summed E-state index contributed by atoms with van der Waals surface area (Å²) in [7, 11) is 3.20. The van der Waals surface area contributed by atoms with Crippen LogP contribution in [-0.2, 0) is 4.79 Å². The molecule has 1 aliphatic heterocycles. The lowest BCUT2D eigenvalue weighted by molar-refractivity contribution is -0.118. The Kier molecular flexibility index (Phi) is 5.29. The lowest BCUT2D eigenvalue weighted by atomic mass is 9.70. The lowest BCUT2D eigenvalue weighted by Gasteiger charge is -2.37. The highest BCUT2D eigenvalue weighted by molar-refractivity contribution is 6.00. The van der Waals surface area contributed by atoms with Crippen LogP contribution in [0.25, 0.3) is 17.0 Å². The van der Waals surface area contributed by atoms with Gasteiger partial charge in [-0.05, 0) is 36.1 Å². The SMILES string of the molecule is COc1ccc([C@H]2C3=C(CC(C)(C)CC3=O)Oc3ncn4nc(-c5cccc(C)c5)nc4c32)cc1OC. The first-order chi connectivity index (χ1) is 17.8. The van der Waals surface area contributed by atoms with Crippen molar-refractivity contribution in [2.24, 2.45) is 5.41 Å². The quantitative estimate of drug-likeness (QED) is 0.380. The van der Waals surface area contributed by atoms with Crippen molar-refractivity contribution in [1.82, 2.24) is 19.6 Å². The number of allylic oxidation sites excluding steroid dienone is 2. The van der Waals surface area contributed by atoms with Gasteiger partial charge in [-0.2, -0.15) is 0 Å². The average Bonchev–Trinajstić information content (AvgIpc) is 3.31. The first kappa shape index (κ1) is 23.2. The first-order valence-electron chi connectivity index (χ1n) is 12.3. The molecule has 4 aromatic rings. The van der Waals surface area contributed by atoms with E-state index in [9.17, 15) is 4.79 Å². The number of rotatable bonds is 4. The minimum atomic E-state index is -0.437. The number of aromatic nitrogens is 4. The first-order valence-corrected chi connectivity index (χ1v) is 12.3. The largest absolute Gasteiger partial charge is 0.493 e. The molecule has 2 aromatic carbocycles. The molecular weight excluding hydrogens is 468 g/mol. The lowest BCUT2D eigenvalue weighted by Crippen LogP contribution is -2.33. The molecule has 8 nitrogen and oxygen atoms in total. The van der Waals surface area contributed by atoms with Gasteiger partial charge in [0.15, 0.2) is 28.8 Å². The van der Waals surface area contributed by atoms with E-state index in [4.69, 9.17) is 24.3 Å². The van der Waals surface area contributed by atoms with Crippen molar-refractivity contribution < 1.29 is 19.0 Å². The fourth-order valence-electron chi connectivity index (χ4n) is 5.42. The standard InChI is InChI=1S/C29H28N4O4/c1-16-7-6-8-18(11-16)26-31-27-25-23(17-9-10-20(35-4)21(12-17)36-5)24-19(34)13-29(2,3)14-22(24)37-28(25)30-15-33(27)32-26/h6-12,15,23H,13-14H2,1-5H3/t23-/m0/s1. The Morgan fingerprint density at radius 3 is 2.62 bits per heavy atom. The van der Waals surface area contributed by atoms with Crippen molar-refractivity contribution >= 4 is 11.4 Å². The van der Waals surface area contributed by atoms with Crippen molar-refractivity contribution in [3.63, 3.8) is 0 Å². The summed E-state index contributed by atoms with van der Waals surface area (Å²) in [6.07, 6.45) is 2.70. The number of carbonyl (C=O) groups excluding carboxylic acids is 1. The van der Waals surface area contributed by atoms with E-state index in [-0.39, 0.29) is 11.2 Å². The molecule has 6 rings (SSSR count). The Balaban J connectivity index is 1.61. The summed E-state index contributed by atoms with van der Waals surface area (Å²) < 4.78 is 19.1. The monoisotopic (exact) mass is 496 g/mol. The Morgan fingerprint density at radius 1 is 1.05 bits per heavy atom. The highest BCUT2D eigenvalue weighted by Crippen LogP contribution is 2.51. The topological polar surface area (TPSA) is 87.8 Å². The van der Waals surface area contributed by atoms with Gasteiger partial charge in [0.25, 0.3) is 0 Å². The third-order valence-corrected chi connectivity index (χ3v) is 7.08. The van der Waals surface area contributed by atoms with Crippen molar-refractivity contribution in [2.75, 3.05) is 14.2 Å². The molecule has 2 aromatic heterocycles. The maximum Gasteiger partial charge on any atom is 0.228 e. The van der Waals surface area contributed by atoms with Gasteiger partial charge in [0.2, 0.25) is 5.88 Å². The molecule has 0 radical (unpaired) electrons. The molecule has 1 aliphatic carbocycles. The van der Waals surface area contributed by atoms with Crippen molar-refractivity contribution in [1.29, 1.82) is 0 Å². The average molecular weight is 497 g/mol. The van der Waals surface area contributed by atoms with Crippen LogP contribution in [0.15, 0.2) is 60.1 Å². The summed E-state index contributed by atoms with van der Waals surface area (Å²) in [5.41, 5.74) is 4.66. The molecule has 8 heteroatoms. The second-order valence-electron chi connectivity index (χ2n) is 10.5. The molecule has 0 bridgehead atoms. The molecule has 1 atom stereocenters. The van der Waals surface area contributed by atoms with Crippen molar-refractivity contribution in [3.8, 4) is 28.8 Å². The number of ketones is 1. The van der Waals surface area contributed by atoms with Gasteiger partial charge in [-0.1, -0.05) is 43.7 Å². The fraction of sp³-hybridized carbons (Fsp3) is 0.310. The summed E-state index contributed by atoms with van der Waals surface area (Å²) in [6.45, 7) is 6.21. The van der Waals surface area contributed by atoms with Gasteiger partial charge in [0.05, 0.1) is 25.7 Å². The number of carbonyl (C=O) groups is 1. The summed E-state index contributed by atoms with van der Waals surface area (Å²) in [6, 6.07) is 13.8. The minimum Gasteiger partial charge on any atom is -0.493 e. The number of methoxy groups -OCH3 is 2. The molecule has 0 spiro atoms. The van der Waals surface area contributed by atoms with Gasteiger partial charge < -0.3 is 14.2 Å². The van der Waals surface area contributed by atoms with Gasteiger partial charge in [0, 0.05) is 24.0 Å². The predicted octanol–water partition coefficient (Wildman–Crippen LogP) is 5.28. The van der Waals surface area contributed by atoms with Crippen LogP contribution in [0.3, 0.4) is 0 Å². The fourth-order valence-corrected chi connectivity index (χ4v) is 5.42. The van der Waals surface area contributed by atoms with Crippen LogP contribution in [0.1, 0.15) is 49.3 Å². The Labute approximate surface area is 214 Å². The second kappa shape index (κ2) is 8.44. The van der Waals surface area contributed by atoms with Gasteiger partial charge in [0.1, 0.15) is 12.1 Å². The summed E-state index contributed by atoms with van der Waals surface area (Å²) in [4.78, 5) is 23.2. The number of nitrogens with zero attached hydrogens (tertiary/aromatic N) is 4. The molecule has 2 aliphatic rings. The van der Waals surface area contributed by atoms with E-state index in [1.54, 1.807) is 25.1 Å². The Hall–Kier alpha value is -4.20. The van der Waals surface area contributed by atoms with Crippen LogP contribution in [-0.4, -0.2) is 39.6 Å². The van der Waals surface area contributed by atoms with Crippen molar-refractivity contribution in [3.05, 3.63) is 76.8 Å². The maximum absolute atomic E-state index is 13.7. The highest BCUT2D eigenvalue weighted by atomic mass is 16.5. The molecule has 37 heavy (non-hydrogen) atoms. The predicted molar refractivity (Wildman–Crippen MR) is 138 cm³/mol. The van der Waals surface area contributed by atoms with E-state index in [0.29, 0.717) is 58.6 Å². The van der Waals surface area contributed by atoms with Crippen molar-refractivity contribution in [2.45, 2.75) is 39.5 Å². The second-order valence-corrected chi connectivity index (χ2v) is 10.5. The Bertz CT molecular complexity index is 1600. The van der Waals surface area contributed by atoms with E-state index in [0.717, 1.165) is 16.7 Å². The number of hydrogen-bond donors (Lipinski definition) is 0. The Morgan fingerprint density at radius 2 is 1.86 bits per heavy atom. The van der Waals surface area contributed by atoms with E-state index >= 15 is 0 Å². The minimum absolute atomic E-state index is 0.0668. The summed E-state index contributed by atoms with van der Waals surface area (Å²) in [5.74, 6) is 2.53. The molecule has 0 unspecified atom stereocenters. The van der Waals surface area contributed by atoms with E-state index in [2.05, 4.69) is 18.8 Å². The van der Waals surface area contributed by atoms with Gasteiger partial charge in [-0.15, -0.1) is 5.10 Å². The van der Waals surface area contributed by atoms with Gasteiger partial charge in [-0.25, -0.2) is 14.5 Å². The number of benzene rings is 2. The number of ether oxygens (including phenoxy) is 3. The number of fused-ring (bicyclic) bond motifs is 3. The third-order valence-electron chi connectivity index (χ3n) is 7.08. The molecule has 3 heterocycles. The zero-order chi connectivity index (χ0) is 25.9. The molecule has 0 saturated carbocycles. The normalized spacial score (nSPS) is 18.3. The molecule has 0 saturated heterocycles. The third kappa shape index (κ3) is 3.84. The molecule has 0 fully saturated rings. The molecule has 0 amide bonds. The maximum atomic E-state index is 13.7. The van der Waals surface area contributed by atoms with Crippen LogP contribution in [0.5, 0.6) is 17.4 Å². The smallest absolute Gasteiger partial charge is 0.228 e. The highest BCUT2D eigenvalue weighted by Gasteiger charge is 2.44. The molecular formula is C29H28N4O4. The summed E-state index contributed by atoms with van der Waals surface area (Å²) >= 11 is 0. The number of aryl methyl sites for hydroxylation is 1. The van der Waals surface area contributed by atoms with Gasteiger partial charge in [-0.3, -0.25) is 4.79 Å². The zero-order valence-corrected chi connectivity index (χ0v) is 21.5. The molecule has 0 N–H and O–H groups in total. The van der Waals surface area contributed by atoms with Crippen LogP contribution in [0.2, 0.25) is 0 Å². The van der Waals surface area contributed by atoms with Gasteiger partial charge >= 0.3 is 0 Å². The van der Waals surface area contributed by atoms with Crippen LogP contribution >= 0.6 is 0 Å². The number of hydrogen-bond acceptors (Lipinski definition) is 7. The van der Waals surface area contributed by atoms with E-state index < -0.39 is 5.92 Å². The molecule has 188 valence electrons. The van der Waals surface area contributed by atoms with Crippen LogP contribution < -0.4 is 14.2 Å². The van der Waals surface area contributed by atoms with Crippen LogP contribution in [0, 0.1) is 12.3 Å². The van der Waals surface area contributed by atoms with E-state index in [1.807, 2.05) is 49.4 Å². The summed E-state index contributed by atoms with van der Waals surface area (Å²) in [5, 5.41) is 4.71. The van der Waals surface area contributed by atoms with E-state index in [1.165, 1.54) is 0 Å². The number of Topliss-reactive ketones (excluding diaryl/α,β-unsaturated/α-hetero) is 1. The van der Waals surface area contributed by atoms with Crippen LogP contribution in [0.4, 0.5) is 0 Å².